The Morgan fingerprint density at radius 3 is 2.61 bits per heavy atom. The number of anilines is 1. The van der Waals surface area contributed by atoms with Crippen molar-refractivity contribution in [3.63, 3.8) is 0 Å². The van der Waals surface area contributed by atoms with E-state index in [-0.39, 0.29) is 18.2 Å². The van der Waals surface area contributed by atoms with Crippen LogP contribution < -0.4 is 19.5 Å². The molecule has 2 aromatic carbocycles. The van der Waals surface area contributed by atoms with Crippen molar-refractivity contribution in [1.82, 2.24) is 14.8 Å². The number of ether oxygens (including phenoxy) is 3. The third-order valence-electron chi connectivity index (χ3n) is 4.10. The van der Waals surface area contributed by atoms with E-state index in [0.717, 1.165) is 17.1 Å². The summed E-state index contributed by atoms with van der Waals surface area (Å²) < 4.78 is 41.9. The minimum Gasteiger partial charge on any atom is -0.497 e. The lowest BCUT2D eigenvalue weighted by molar-refractivity contribution is -0.0497. The van der Waals surface area contributed by atoms with Gasteiger partial charge in [-0.2, -0.15) is 13.9 Å². The summed E-state index contributed by atoms with van der Waals surface area (Å²) in [5.41, 5.74) is 0.736. The number of methoxy groups -OCH3 is 1. The van der Waals surface area contributed by atoms with E-state index in [9.17, 15) is 13.6 Å². The van der Waals surface area contributed by atoms with E-state index in [1.807, 2.05) is 0 Å². The van der Waals surface area contributed by atoms with Gasteiger partial charge in [-0.15, -0.1) is 0 Å². The average molecular weight is 446 g/mol. The summed E-state index contributed by atoms with van der Waals surface area (Å²) >= 11 is 1.14. The van der Waals surface area contributed by atoms with E-state index >= 15 is 0 Å². The number of carbonyl (C=O) groups excluding carboxylic acids is 1. The number of hydrogen-bond acceptors (Lipinski definition) is 7. The van der Waals surface area contributed by atoms with Gasteiger partial charge in [0.2, 0.25) is 0 Å². The van der Waals surface area contributed by atoms with Crippen LogP contribution in [-0.4, -0.2) is 34.4 Å². The first-order valence-corrected chi connectivity index (χ1v) is 9.79. The number of thiazole rings is 1. The molecule has 0 atom stereocenters. The molecule has 160 valence electrons. The topological polar surface area (TPSA) is 87.5 Å². The quantitative estimate of drug-likeness (QED) is 0.432. The molecule has 4 rings (SSSR count). The largest absolute Gasteiger partial charge is 0.497 e. The van der Waals surface area contributed by atoms with Crippen LogP contribution in [0.25, 0.3) is 10.2 Å². The molecule has 0 fully saturated rings. The number of amides is 1. The zero-order chi connectivity index (χ0) is 21.8. The minimum atomic E-state index is -2.91. The lowest BCUT2D eigenvalue weighted by Gasteiger charge is -2.07. The van der Waals surface area contributed by atoms with Crippen LogP contribution in [0.3, 0.4) is 0 Å². The van der Waals surface area contributed by atoms with Crippen molar-refractivity contribution in [3.8, 4) is 17.2 Å². The Kier molecular flexibility index (Phi) is 5.94. The smallest absolute Gasteiger partial charge is 0.387 e. The fourth-order valence-corrected chi connectivity index (χ4v) is 3.55. The molecule has 0 saturated heterocycles. The van der Waals surface area contributed by atoms with Gasteiger partial charge < -0.3 is 14.2 Å². The van der Waals surface area contributed by atoms with Crippen LogP contribution in [-0.2, 0) is 6.73 Å². The maximum atomic E-state index is 12.5. The van der Waals surface area contributed by atoms with Crippen molar-refractivity contribution in [2.24, 2.45) is 0 Å². The number of alkyl halides is 2. The maximum absolute atomic E-state index is 12.5. The fraction of sp³-hybridized carbons (Fsp3) is 0.150. The Balaban J connectivity index is 1.38. The Morgan fingerprint density at radius 2 is 1.87 bits per heavy atom. The van der Waals surface area contributed by atoms with E-state index in [1.165, 1.54) is 16.8 Å². The van der Waals surface area contributed by atoms with E-state index in [4.69, 9.17) is 9.47 Å². The summed E-state index contributed by atoms with van der Waals surface area (Å²) in [6.45, 7) is -2.79. The number of aromatic nitrogens is 3. The van der Waals surface area contributed by atoms with E-state index in [1.54, 1.807) is 49.7 Å². The van der Waals surface area contributed by atoms with Gasteiger partial charge in [-0.05, 0) is 48.5 Å². The number of hydrogen-bond donors (Lipinski definition) is 1. The maximum Gasteiger partial charge on any atom is 0.387 e. The molecule has 0 radical (unpaired) electrons. The van der Waals surface area contributed by atoms with E-state index in [2.05, 4.69) is 20.1 Å². The lowest BCUT2D eigenvalue weighted by Crippen LogP contribution is -2.14. The highest BCUT2D eigenvalue weighted by atomic mass is 32.1. The average Bonchev–Trinajstić information content (AvgIpc) is 3.38. The summed E-state index contributed by atoms with van der Waals surface area (Å²) in [7, 11) is 1.58. The number of nitrogens with one attached hydrogen (secondary N) is 1. The molecule has 2 aromatic heterocycles. The standard InChI is InChI=1S/C20H16F2N4O4S/c1-28-12-2-4-13(5-3-12)29-11-26-9-8-16(25-26)18(27)24-20-23-15-7-6-14(30-19(21)22)10-17(15)31-20/h2-10,19H,11H2,1H3,(H,23,24,27). The van der Waals surface area contributed by atoms with Crippen LogP contribution in [0.5, 0.6) is 17.2 Å². The Morgan fingerprint density at radius 1 is 1.13 bits per heavy atom. The number of halogens is 2. The van der Waals surface area contributed by atoms with Crippen molar-refractivity contribution in [2.75, 3.05) is 12.4 Å². The molecule has 0 aliphatic carbocycles. The van der Waals surface area contributed by atoms with E-state index < -0.39 is 12.5 Å². The molecule has 0 saturated carbocycles. The van der Waals surface area contributed by atoms with Crippen LogP contribution in [0.2, 0.25) is 0 Å². The van der Waals surface area contributed by atoms with Crippen molar-refractivity contribution in [3.05, 3.63) is 60.4 Å². The Bertz CT molecular complexity index is 1190. The molecule has 0 unspecified atom stereocenters. The van der Waals surface area contributed by atoms with Gasteiger partial charge in [0.1, 0.15) is 17.2 Å². The third-order valence-corrected chi connectivity index (χ3v) is 5.04. The minimum absolute atomic E-state index is 0.0274. The molecule has 1 N–H and O–H groups in total. The Labute approximate surface area is 179 Å². The van der Waals surface area contributed by atoms with Crippen molar-refractivity contribution in [1.29, 1.82) is 0 Å². The zero-order valence-electron chi connectivity index (χ0n) is 16.1. The molecule has 4 aromatic rings. The second-order valence-electron chi connectivity index (χ2n) is 6.17. The molecule has 0 bridgehead atoms. The summed E-state index contributed by atoms with van der Waals surface area (Å²) in [6, 6.07) is 13.0. The number of nitrogens with zero attached hydrogens (tertiary/aromatic N) is 3. The second kappa shape index (κ2) is 8.96. The van der Waals surface area contributed by atoms with Gasteiger partial charge in [0.25, 0.3) is 5.91 Å². The van der Waals surface area contributed by atoms with Gasteiger partial charge in [0.05, 0.1) is 17.3 Å². The third kappa shape index (κ3) is 5.07. The summed E-state index contributed by atoms with van der Waals surface area (Å²) in [5, 5.41) is 7.16. The van der Waals surface area contributed by atoms with E-state index in [0.29, 0.717) is 21.1 Å². The number of carbonyl (C=O) groups is 1. The highest BCUT2D eigenvalue weighted by Gasteiger charge is 2.14. The SMILES string of the molecule is COc1ccc(OCn2ccc(C(=O)Nc3nc4ccc(OC(F)F)cc4s3)n2)cc1. The van der Waals surface area contributed by atoms with Crippen molar-refractivity contribution >= 4 is 32.6 Å². The highest BCUT2D eigenvalue weighted by Crippen LogP contribution is 2.30. The second-order valence-corrected chi connectivity index (χ2v) is 7.20. The van der Waals surface area contributed by atoms with Crippen LogP contribution in [0.1, 0.15) is 10.5 Å². The lowest BCUT2D eigenvalue weighted by atomic mass is 10.3. The van der Waals surface area contributed by atoms with Crippen molar-refractivity contribution < 1.29 is 27.8 Å². The zero-order valence-corrected chi connectivity index (χ0v) is 16.9. The highest BCUT2D eigenvalue weighted by molar-refractivity contribution is 7.22. The molecule has 0 spiro atoms. The van der Waals surface area contributed by atoms with Crippen LogP contribution in [0, 0.1) is 0 Å². The molecule has 11 heteroatoms. The van der Waals surface area contributed by atoms with Gasteiger partial charge >= 0.3 is 6.61 Å². The first-order chi connectivity index (χ1) is 15.0. The monoisotopic (exact) mass is 446 g/mol. The predicted molar refractivity (Wildman–Crippen MR) is 110 cm³/mol. The van der Waals surface area contributed by atoms with Crippen LogP contribution in [0.4, 0.5) is 13.9 Å². The first kappa shape index (κ1) is 20.5. The molecular weight excluding hydrogens is 430 g/mol. The molecule has 0 aliphatic heterocycles. The number of benzene rings is 2. The molecule has 2 heterocycles. The molecule has 31 heavy (non-hydrogen) atoms. The van der Waals surface area contributed by atoms with Crippen LogP contribution >= 0.6 is 11.3 Å². The van der Waals surface area contributed by atoms with Gasteiger partial charge in [-0.3, -0.25) is 10.1 Å². The number of rotatable bonds is 8. The van der Waals surface area contributed by atoms with Gasteiger partial charge in [0, 0.05) is 6.20 Å². The van der Waals surface area contributed by atoms with Gasteiger partial charge in [-0.1, -0.05) is 11.3 Å². The number of fused-ring (bicyclic) bond motifs is 1. The van der Waals surface area contributed by atoms with Gasteiger partial charge in [0.15, 0.2) is 17.6 Å². The first-order valence-electron chi connectivity index (χ1n) is 8.97. The molecule has 0 aliphatic rings. The predicted octanol–water partition coefficient (Wildman–Crippen LogP) is 4.39. The summed E-state index contributed by atoms with van der Waals surface area (Å²) in [5.74, 6) is 0.927. The van der Waals surface area contributed by atoms with Gasteiger partial charge in [-0.25, -0.2) is 9.67 Å². The normalized spacial score (nSPS) is 11.0. The Hall–Kier alpha value is -3.73. The fourth-order valence-electron chi connectivity index (χ4n) is 2.66. The molecule has 8 nitrogen and oxygen atoms in total. The van der Waals surface area contributed by atoms with Crippen molar-refractivity contribution in [2.45, 2.75) is 13.3 Å². The molecule has 1 amide bonds. The van der Waals surface area contributed by atoms with Crippen LogP contribution in [0.15, 0.2) is 54.7 Å². The summed E-state index contributed by atoms with van der Waals surface area (Å²) in [4.78, 5) is 16.7. The molecular formula is C20H16F2N4O4S. The summed E-state index contributed by atoms with van der Waals surface area (Å²) in [6.07, 6.45) is 1.62.